The monoisotopic (exact) mass is 252 g/mol. The Kier molecular flexibility index (Phi) is 5.00. The number of halogens is 1. The predicted octanol–water partition coefficient (Wildman–Crippen LogP) is 0.996. The second-order valence-electron chi connectivity index (χ2n) is 2.02. The van der Waals surface area contributed by atoms with Crippen LogP contribution in [0.5, 0.6) is 0 Å². The van der Waals surface area contributed by atoms with Crippen LogP contribution in [0.2, 0.25) is 0 Å². The molecular formula is C6H9BrN2O2S. The number of rotatable bonds is 4. The van der Waals surface area contributed by atoms with E-state index in [9.17, 15) is 8.42 Å². The van der Waals surface area contributed by atoms with E-state index in [0.717, 1.165) is 11.8 Å². The molecule has 0 heterocycles. The van der Waals surface area contributed by atoms with Gasteiger partial charge in [0.15, 0.2) is 9.84 Å². The zero-order valence-corrected chi connectivity index (χ0v) is 8.97. The van der Waals surface area contributed by atoms with Gasteiger partial charge in [0.05, 0.1) is 0 Å². The van der Waals surface area contributed by atoms with Crippen molar-refractivity contribution >= 4 is 37.5 Å². The SMILES string of the molecule is C=C(Br)/C=N\C/N=C/S(C)(=O)=O. The molecule has 0 aliphatic carbocycles. The van der Waals surface area contributed by atoms with Gasteiger partial charge in [0, 0.05) is 17.0 Å². The van der Waals surface area contributed by atoms with Gasteiger partial charge in [-0.2, -0.15) is 0 Å². The maximum atomic E-state index is 10.5. The van der Waals surface area contributed by atoms with Crippen molar-refractivity contribution in [3.63, 3.8) is 0 Å². The third kappa shape index (κ3) is 9.51. The normalized spacial score (nSPS) is 12.8. The minimum Gasteiger partial charge on any atom is -0.269 e. The van der Waals surface area contributed by atoms with Crippen LogP contribution in [0, 0.1) is 0 Å². The maximum Gasteiger partial charge on any atom is 0.185 e. The van der Waals surface area contributed by atoms with E-state index in [1.807, 2.05) is 0 Å². The molecular weight excluding hydrogens is 244 g/mol. The summed E-state index contributed by atoms with van der Waals surface area (Å²) in [6.07, 6.45) is 2.53. The summed E-state index contributed by atoms with van der Waals surface area (Å²) in [5.41, 5.74) is 0.876. The molecule has 0 fully saturated rings. The van der Waals surface area contributed by atoms with Gasteiger partial charge in [-0.3, -0.25) is 9.98 Å². The Bertz CT molecular complexity index is 306. The van der Waals surface area contributed by atoms with E-state index in [1.165, 1.54) is 6.21 Å². The van der Waals surface area contributed by atoms with Crippen LogP contribution in [0.25, 0.3) is 0 Å². The van der Waals surface area contributed by atoms with Gasteiger partial charge in [-0.25, -0.2) is 8.42 Å². The summed E-state index contributed by atoms with van der Waals surface area (Å²) in [7, 11) is -3.12. The summed E-state index contributed by atoms with van der Waals surface area (Å²) in [6.45, 7) is 3.59. The fraction of sp³-hybridized carbons (Fsp3) is 0.333. The van der Waals surface area contributed by atoms with Crippen LogP contribution in [0.4, 0.5) is 0 Å². The number of sulfone groups is 1. The molecule has 0 aromatic heterocycles. The van der Waals surface area contributed by atoms with Gasteiger partial charge in [-0.15, -0.1) is 0 Å². The average Bonchev–Trinajstić information content (AvgIpc) is 1.83. The summed E-state index contributed by atoms with van der Waals surface area (Å²) in [5.74, 6) is 0. The Hall–Kier alpha value is -0.490. The molecule has 68 valence electrons. The molecule has 0 aromatic rings. The zero-order valence-electron chi connectivity index (χ0n) is 6.57. The standard InChI is InChI=1S/C6H9BrN2O2S/c1-6(7)3-8-4-9-5-12(2,10)11/h3,5H,1,4H2,2H3/b8-3-,9-5+. The van der Waals surface area contributed by atoms with E-state index in [1.54, 1.807) is 0 Å². The van der Waals surface area contributed by atoms with E-state index >= 15 is 0 Å². The highest BCUT2D eigenvalue weighted by atomic mass is 79.9. The third-order valence-corrected chi connectivity index (χ3v) is 1.40. The van der Waals surface area contributed by atoms with E-state index in [0.29, 0.717) is 4.48 Å². The number of nitrogens with zero attached hydrogens (tertiary/aromatic N) is 2. The van der Waals surface area contributed by atoms with Gasteiger partial charge in [-0.1, -0.05) is 6.58 Å². The first kappa shape index (κ1) is 11.5. The molecule has 0 atom stereocenters. The van der Waals surface area contributed by atoms with Crippen LogP contribution in [0.1, 0.15) is 0 Å². The van der Waals surface area contributed by atoms with E-state index < -0.39 is 9.84 Å². The van der Waals surface area contributed by atoms with Crippen LogP contribution in [-0.2, 0) is 9.84 Å². The molecule has 0 bridgehead atoms. The first-order valence-electron chi connectivity index (χ1n) is 2.96. The first-order valence-corrected chi connectivity index (χ1v) is 5.70. The van der Waals surface area contributed by atoms with Crippen molar-refractivity contribution in [1.29, 1.82) is 0 Å². The molecule has 6 heteroatoms. The number of hydrogen-bond acceptors (Lipinski definition) is 4. The second kappa shape index (κ2) is 5.21. The van der Waals surface area contributed by atoms with Crippen LogP contribution in [-0.4, -0.2) is 33.1 Å². The molecule has 0 aliphatic rings. The number of allylic oxidation sites excluding steroid dienone is 1. The topological polar surface area (TPSA) is 58.9 Å². The van der Waals surface area contributed by atoms with Gasteiger partial charge >= 0.3 is 0 Å². The molecule has 0 saturated carbocycles. The van der Waals surface area contributed by atoms with Crippen LogP contribution in [0.3, 0.4) is 0 Å². The Morgan fingerprint density at radius 3 is 2.58 bits per heavy atom. The molecule has 0 unspecified atom stereocenters. The lowest BCUT2D eigenvalue weighted by Crippen LogP contribution is -1.96. The molecule has 0 rings (SSSR count). The molecule has 0 saturated heterocycles. The van der Waals surface area contributed by atoms with Gasteiger partial charge in [0.1, 0.15) is 12.2 Å². The average molecular weight is 253 g/mol. The largest absolute Gasteiger partial charge is 0.269 e. The third-order valence-electron chi connectivity index (χ3n) is 0.661. The van der Waals surface area contributed by atoms with Gasteiger partial charge in [0.25, 0.3) is 0 Å². The summed E-state index contributed by atoms with van der Waals surface area (Å²) in [5, 5.41) is 0. The second-order valence-corrected chi connectivity index (χ2v) is 4.91. The summed E-state index contributed by atoms with van der Waals surface area (Å²) in [4.78, 5) is 7.28. The van der Waals surface area contributed by atoms with Crippen molar-refractivity contribution in [3.05, 3.63) is 11.1 Å². The fourth-order valence-corrected chi connectivity index (χ4v) is 0.838. The van der Waals surface area contributed by atoms with Gasteiger partial charge in [0.2, 0.25) is 0 Å². The van der Waals surface area contributed by atoms with E-state index in [4.69, 9.17) is 0 Å². The molecule has 0 aliphatic heterocycles. The molecule has 0 spiro atoms. The quantitative estimate of drug-likeness (QED) is 0.554. The van der Waals surface area contributed by atoms with E-state index in [-0.39, 0.29) is 6.67 Å². The van der Waals surface area contributed by atoms with E-state index in [2.05, 4.69) is 32.5 Å². The fourth-order valence-electron chi connectivity index (χ4n) is 0.356. The van der Waals surface area contributed by atoms with Crippen molar-refractivity contribution in [2.75, 3.05) is 12.9 Å². The molecule has 0 N–H and O–H groups in total. The highest BCUT2D eigenvalue weighted by Crippen LogP contribution is 1.94. The number of hydrogen-bond donors (Lipinski definition) is 0. The van der Waals surface area contributed by atoms with Crippen molar-refractivity contribution in [2.45, 2.75) is 0 Å². The van der Waals surface area contributed by atoms with Crippen molar-refractivity contribution in [3.8, 4) is 0 Å². The lowest BCUT2D eigenvalue weighted by atomic mass is 10.7. The maximum absolute atomic E-state index is 10.5. The molecule has 0 aromatic carbocycles. The Labute approximate surface area is 80.2 Å². The summed E-state index contributed by atoms with van der Waals surface area (Å²) >= 11 is 3.05. The van der Waals surface area contributed by atoms with Crippen LogP contribution in [0.15, 0.2) is 21.0 Å². The number of aliphatic imine (C=N–C) groups is 2. The lowest BCUT2D eigenvalue weighted by molar-refractivity contribution is 0.613. The van der Waals surface area contributed by atoms with Crippen LogP contribution >= 0.6 is 15.9 Å². The minimum atomic E-state index is -3.12. The summed E-state index contributed by atoms with van der Waals surface area (Å²) < 4.78 is 21.6. The van der Waals surface area contributed by atoms with Gasteiger partial charge in [-0.05, 0) is 15.9 Å². The Balaban J connectivity index is 3.86. The zero-order chi connectivity index (χ0) is 9.61. The Morgan fingerprint density at radius 1 is 1.58 bits per heavy atom. The highest BCUT2D eigenvalue weighted by Gasteiger charge is 1.91. The molecule has 0 radical (unpaired) electrons. The van der Waals surface area contributed by atoms with Crippen molar-refractivity contribution in [2.24, 2.45) is 9.98 Å². The molecule has 4 nitrogen and oxygen atoms in total. The Morgan fingerprint density at radius 2 is 2.17 bits per heavy atom. The predicted molar refractivity (Wildman–Crippen MR) is 54.8 cm³/mol. The first-order chi connectivity index (χ1) is 5.42. The highest BCUT2D eigenvalue weighted by molar-refractivity contribution is 9.12. The molecule has 12 heavy (non-hydrogen) atoms. The van der Waals surface area contributed by atoms with Gasteiger partial charge < -0.3 is 0 Å². The summed E-state index contributed by atoms with van der Waals surface area (Å²) in [6, 6.07) is 0. The lowest BCUT2D eigenvalue weighted by Gasteiger charge is -1.85. The molecule has 0 amide bonds. The van der Waals surface area contributed by atoms with Crippen molar-refractivity contribution in [1.82, 2.24) is 0 Å². The smallest absolute Gasteiger partial charge is 0.185 e. The van der Waals surface area contributed by atoms with Crippen LogP contribution < -0.4 is 0 Å². The van der Waals surface area contributed by atoms with Crippen molar-refractivity contribution < 1.29 is 8.42 Å². The minimum absolute atomic E-state index is 0.0949.